The van der Waals surface area contributed by atoms with Gasteiger partial charge in [-0.1, -0.05) is 0 Å². The molecule has 2 rings (SSSR count). The van der Waals surface area contributed by atoms with Gasteiger partial charge < -0.3 is 55.1 Å². The number of hydrogen-bond donors (Lipinski definition) is 8. The summed E-state index contributed by atoms with van der Waals surface area (Å²) in [7, 11) is 0. The lowest BCUT2D eigenvalue weighted by molar-refractivity contribution is -0.366. The number of aliphatic hydroxyl groups is 8. The second kappa shape index (κ2) is 6.82. The number of aliphatic hydroxyl groups excluding tert-OH is 7. The van der Waals surface area contributed by atoms with Crippen LogP contribution in [0.4, 0.5) is 0 Å². The average Bonchev–Trinajstić information content (AvgIpc) is 2.80. The van der Waals surface area contributed by atoms with Crippen molar-refractivity contribution in [2.24, 2.45) is 0 Å². The molecule has 0 aromatic carbocycles. The van der Waals surface area contributed by atoms with Gasteiger partial charge in [-0.3, -0.25) is 0 Å². The fourth-order valence-electron chi connectivity index (χ4n) is 2.54. The largest absolute Gasteiger partial charge is 0.394 e. The lowest BCUT2D eigenvalue weighted by Gasteiger charge is -2.43. The molecule has 2 aliphatic heterocycles. The summed E-state index contributed by atoms with van der Waals surface area (Å²) in [5, 5.41) is 77.0. The first-order valence-corrected chi connectivity index (χ1v) is 7.01. The second-order valence-electron chi connectivity index (χ2n) is 5.69. The molecule has 8 N–H and O–H groups in total. The summed E-state index contributed by atoms with van der Waals surface area (Å²) in [5.74, 6) is -4.60. The van der Waals surface area contributed by atoms with Crippen LogP contribution in [0.2, 0.25) is 0 Å². The molecule has 0 radical (unpaired) electrons. The molecular weight excluding hydrogens is 320 g/mol. The summed E-state index contributed by atoms with van der Waals surface area (Å²) in [6, 6.07) is 0. The molecule has 2 heterocycles. The normalized spacial score (nSPS) is 51.1. The maximum absolute atomic E-state index is 10.2. The van der Waals surface area contributed by atoms with Gasteiger partial charge in [-0.2, -0.15) is 0 Å². The summed E-state index contributed by atoms with van der Waals surface area (Å²) in [4.78, 5) is 0. The minimum Gasteiger partial charge on any atom is -0.394 e. The van der Waals surface area contributed by atoms with Gasteiger partial charge in [0, 0.05) is 0 Å². The summed E-state index contributed by atoms with van der Waals surface area (Å²) >= 11 is 0. The van der Waals surface area contributed by atoms with Crippen molar-refractivity contribution in [2.75, 3.05) is 26.4 Å². The van der Waals surface area contributed by atoms with E-state index < -0.39 is 74.6 Å². The van der Waals surface area contributed by atoms with E-state index in [1.165, 1.54) is 0 Å². The maximum atomic E-state index is 10.2. The van der Waals surface area contributed by atoms with Crippen molar-refractivity contribution in [3.63, 3.8) is 0 Å². The molecule has 2 fully saturated rings. The molecule has 0 amide bonds. The van der Waals surface area contributed by atoms with Crippen LogP contribution in [0, 0.1) is 0 Å². The zero-order chi connectivity index (χ0) is 17.4. The van der Waals surface area contributed by atoms with Gasteiger partial charge >= 0.3 is 0 Å². The van der Waals surface area contributed by atoms with Crippen LogP contribution in [-0.2, 0) is 14.2 Å². The van der Waals surface area contributed by atoms with E-state index in [0.717, 1.165) is 0 Å². The predicted octanol–water partition coefficient (Wildman–Crippen LogP) is -5.39. The van der Waals surface area contributed by atoms with E-state index in [4.69, 9.17) is 19.3 Å². The van der Waals surface area contributed by atoms with Crippen LogP contribution in [0.5, 0.6) is 0 Å². The van der Waals surface area contributed by atoms with E-state index in [2.05, 4.69) is 0 Å². The number of hydrogen-bond acceptors (Lipinski definition) is 11. The molecule has 0 bridgehead atoms. The number of ether oxygens (including phenoxy) is 3. The van der Waals surface area contributed by atoms with E-state index in [9.17, 15) is 35.7 Å². The van der Waals surface area contributed by atoms with Crippen molar-refractivity contribution in [1.29, 1.82) is 0 Å². The van der Waals surface area contributed by atoms with Gasteiger partial charge in [-0.25, -0.2) is 0 Å². The highest BCUT2D eigenvalue weighted by Gasteiger charge is 2.57. The van der Waals surface area contributed by atoms with Crippen LogP contribution < -0.4 is 0 Å². The van der Waals surface area contributed by atoms with E-state index in [1.807, 2.05) is 0 Å². The van der Waals surface area contributed by atoms with E-state index >= 15 is 0 Å². The van der Waals surface area contributed by atoms with Crippen LogP contribution in [0.3, 0.4) is 0 Å². The van der Waals surface area contributed by atoms with Crippen LogP contribution in [0.15, 0.2) is 0 Å². The molecule has 0 spiro atoms. The van der Waals surface area contributed by atoms with E-state index in [0.29, 0.717) is 0 Å². The Hall–Kier alpha value is -0.440. The second-order valence-corrected chi connectivity index (χ2v) is 5.69. The first kappa shape index (κ1) is 18.9. The zero-order valence-electron chi connectivity index (χ0n) is 12.1. The SMILES string of the molecule is OC[C@H]1O[C@@](CO)(OCC2(O)OC[C@@H](O)[C@H](O)[C@@H]2O)[C@@H](O)[C@@H]1O. The van der Waals surface area contributed by atoms with Gasteiger partial charge in [0.05, 0.1) is 13.2 Å². The Labute approximate surface area is 130 Å². The van der Waals surface area contributed by atoms with Crippen LogP contribution in [0.25, 0.3) is 0 Å². The van der Waals surface area contributed by atoms with Gasteiger partial charge in [0.25, 0.3) is 0 Å². The van der Waals surface area contributed by atoms with Crippen LogP contribution in [0.1, 0.15) is 0 Å². The molecule has 2 aliphatic rings. The van der Waals surface area contributed by atoms with Crippen LogP contribution >= 0.6 is 0 Å². The average molecular weight is 342 g/mol. The van der Waals surface area contributed by atoms with E-state index in [-0.39, 0.29) is 0 Å². The highest BCUT2D eigenvalue weighted by molar-refractivity contribution is 4.98. The quantitative estimate of drug-likeness (QED) is 0.238. The summed E-state index contributed by atoms with van der Waals surface area (Å²) in [6.07, 6.45) is -9.56. The van der Waals surface area contributed by atoms with Crippen LogP contribution in [-0.4, -0.2) is 115 Å². The molecule has 23 heavy (non-hydrogen) atoms. The van der Waals surface area contributed by atoms with Crippen molar-refractivity contribution >= 4 is 0 Å². The Morgan fingerprint density at radius 1 is 1.00 bits per heavy atom. The van der Waals surface area contributed by atoms with Gasteiger partial charge in [-0.15, -0.1) is 0 Å². The molecule has 0 aliphatic carbocycles. The summed E-state index contributed by atoms with van der Waals surface area (Å²) in [5.41, 5.74) is 0. The Morgan fingerprint density at radius 2 is 1.65 bits per heavy atom. The highest BCUT2D eigenvalue weighted by atomic mass is 16.8. The third-order valence-corrected chi connectivity index (χ3v) is 4.11. The minimum absolute atomic E-state index is 0.491. The molecule has 2 saturated heterocycles. The highest BCUT2D eigenvalue weighted by Crippen LogP contribution is 2.34. The molecule has 1 unspecified atom stereocenters. The third-order valence-electron chi connectivity index (χ3n) is 4.11. The van der Waals surface area contributed by atoms with E-state index in [1.54, 1.807) is 0 Å². The summed E-state index contributed by atoms with van der Waals surface area (Å²) in [6.45, 7) is -2.94. The molecule has 11 nitrogen and oxygen atoms in total. The Kier molecular flexibility index (Phi) is 5.60. The smallest absolute Gasteiger partial charge is 0.221 e. The summed E-state index contributed by atoms with van der Waals surface area (Å²) < 4.78 is 15.1. The molecule has 136 valence electrons. The first-order chi connectivity index (χ1) is 10.7. The molecule has 11 heteroatoms. The van der Waals surface area contributed by atoms with Crippen molar-refractivity contribution < 1.29 is 55.1 Å². The Balaban J connectivity index is 2.09. The Morgan fingerprint density at radius 3 is 2.17 bits per heavy atom. The predicted molar refractivity (Wildman–Crippen MR) is 68.7 cm³/mol. The lowest BCUT2D eigenvalue weighted by atomic mass is 9.97. The minimum atomic E-state index is -2.44. The third kappa shape index (κ3) is 3.23. The zero-order valence-corrected chi connectivity index (χ0v) is 12.1. The van der Waals surface area contributed by atoms with Crippen molar-refractivity contribution in [3.8, 4) is 0 Å². The van der Waals surface area contributed by atoms with Crippen molar-refractivity contribution in [2.45, 2.75) is 48.2 Å². The first-order valence-electron chi connectivity index (χ1n) is 7.01. The Bertz CT molecular complexity index is 408. The molecule has 8 atom stereocenters. The van der Waals surface area contributed by atoms with Crippen molar-refractivity contribution in [3.05, 3.63) is 0 Å². The number of rotatable bonds is 5. The van der Waals surface area contributed by atoms with Crippen molar-refractivity contribution in [1.82, 2.24) is 0 Å². The molecular formula is C12H22O11. The fourth-order valence-corrected chi connectivity index (χ4v) is 2.54. The maximum Gasteiger partial charge on any atom is 0.221 e. The standard InChI is InChI=1S/C12H22O11/c13-1-6-8(17)10(19)12(3-14,23-6)22-4-11(20)9(18)7(16)5(15)2-21-11/h5-10,13-20H,1-4H2/t5-,6-,7+,8-,9+,10+,11?,12-/m1/s1. The molecule has 0 saturated carbocycles. The van der Waals surface area contributed by atoms with Gasteiger partial charge in [0.2, 0.25) is 11.6 Å². The van der Waals surface area contributed by atoms with Gasteiger partial charge in [0.15, 0.2) is 0 Å². The monoisotopic (exact) mass is 342 g/mol. The van der Waals surface area contributed by atoms with Gasteiger partial charge in [0.1, 0.15) is 49.8 Å². The fraction of sp³-hybridized carbons (Fsp3) is 1.00. The topological polar surface area (TPSA) is 190 Å². The molecule has 0 aromatic rings. The molecule has 0 aromatic heterocycles. The lowest BCUT2D eigenvalue weighted by Crippen LogP contribution is -2.64. The van der Waals surface area contributed by atoms with Gasteiger partial charge in [-0.05, 0) is 0 Å².